The van der Waals surface area contributed by atoms with Crippen LogP contribution < -0.4 is 10.1 Å². The van der Waals surface area contributed by atoms with Gasteiger partial charge in [-0.1, -0.05) is 0 Å². The molecule has 1 amide bonds. The monoisotopic (exact) mass is 405 g/mol. The van der Waals surface area contributed by atoms with Gasteiger partial charge in [0, 0.05) is 12.7 Å². The molecule has 2 aromatic carbocycles. The minimum Gasteiger partial charge on any atom is -0.491 e. The Bertz CT molecular complexity index is 866. The summed E-state index contributed by atoms with van der Waals surface area (Å²) in [5.41, 5.74) is -0.100. The van der Waals surface area contributed by atoms with Gasteiger partial charge in [-0.25, -0.2) is 13.6 Å². The molecule has 0 saturated carbocycles. The topological polar surface area (TPSA) is 73.9 Å². The molecule has 2 aromatic rings. The highest BCUT2D eigenvalue weighted by molar-refractivity contribution is 5.97. The minimum absolute atomic E-state index is 0.0851. The van der Waals surface area contributed by atoms with Gasteiger partial charge in [0.05, 0.1) is 17.4 Å². The summed E-state index contributed by atoms with van der Waals surface area (Å²) in [6, 6.07) is 8.95. The molecule has 0 radical (unpaired) electrons. The summed E-state index contributed by atoms with van der Waals surface area (Å²) in [7, 11) is 0. The van der Waals surface area contributed by atoms with Gasteiger partial charge in [0.2, 0.25) is 0 Å². The van der Waals surface area contributed by atoms with E-state index in [1.807, 2.05) is 0 Å². The summed E-state index contributed by atoms with van der Waals surface area (Å²) in [6.45, 7) is 2.53. The number of carbonyl (C=O) groups excluding carboxylic acids is 2. The number of esters is 1. The zero-order valence-electron chi connectivity index (χ0n) is 15.8. The van der Waals surface area contributed by atoms with Crippen LogP contribution in [0.4, 0.5) is 14.5 Å². The fourth-order valence-electron chi connectivity index (χ4n) is 2.76. The van der Waals surface area contributed by atoms with Crippen LogP contribution in [0, 0.1) is 11.6 Å². The average molecular weight is 405 g/mol. The molecule has 0 spiro atoms. The highest BCUT2D eigenvalue weighted by Crippen LogP contribution is 2.18. The van der Waals surface area contributed by atoms with E-state index in [9.17, 15) is 18.4 Å². The van der Waals surface area contributed by atoms with Crippen molar-refractivity contribution in [1.29, 1.82) is 0 Å². The van der Waals surface area contributed by atoms with Crippen LogP contribution in [-0.2, 0) is 14.3 Å². The molecule has 1 heterocycles. The van der Waals surface area contributed by atoms with Crippen molar-refractivity contribution in [1.82, 2.24) is 0 Å². The van der Waals surface area contributed by atoms with Crippen LogP contribution in [-0.4, -0.2) is 37.3 Å². The lowest BCUT2D eigenvalue weighted by molar-refractivity contribution is -0.123. The van der Waals surface area contributed by atoms with Gasteiger partial charge in [0.15, 0.2) is 6.10 Å². The minimum atomic E-state index is -1.21. The Balaban J connectivity index is 1.51. The average Bonchev–Trinajstić information content (AvgIpc) is 3.23. The van der Waals surface area contributed by atoms with Crippen LogP contribution in [0.1, 0.15) is 30.1 Å². The third-order valence-electron chi connectivity index (χ3n) is 4.39. The molecule has 0 aromatic heterocycles. The second kappa shape index (κ2) is 9.47. The van der Waals surface area contributed by atoms with Crippen molar-refractivity contribution in [2.75, 3.05) is 18.5 Å². The number of benzene rings is 2. The molecule has 8 heteroatoms. The standard InChI is InChI=1S/C21H21F2NO5/c1-13(20(25)24-19-11-15(22)6-9-18(19)23)29-21(26)14-4-7-16(8-5-14)28-12-17-3-2-10-27-17/h4-9,11,13,17H,2-3,10,12H2,1H3,(H,24,25)/t13-,17+/m0/s1. The molecule has 1 N–H and O–H groups in total. The fraction of sp³-hybridized carbons (Fsp3) is 0.333. The van der Waals surface area contributed by atoms with Gasteiger partial charge in [0.1, 0.15) is 24.0 Å². The van der Waals surface area contributed by atoms with Crippen LogP contribution >= 0.6 is 0 Å². The molecule has 0 aliphatic carbocycles. The highest BCUT2D eigenvalue weighted by Gasteiger charge is 2.21. The second-order valence-electron chi connectivity index (χ2n) is 6.63. The van der Waals surface area contributed by atoms with Crippen molar-refractivity contribution < 1.29 is 32.6 Å². The maximum atomic E-state index is 13.6. The predicted octanol–water partition coefficient (Wildman–Crippen LogP) is 3.71. The molecular weight excluding hydrogens is 384 g/mol. The van der Waals surface area contributed by atoms with Crippen molar-refractivity contribution in [2.24, 2.45) is 0 Å². The predicted molar refractivity (Wildman–Crippen MR) is 101 cm³/mol. The van der Waals surface area contributed by atoms with Crippen LogP contribution in [0.15, 0.2) is 42.5 Å². The molecule has 1 fully saturated rings. The highest BCUT2D eigenvalue weighted by atomic mass is 19.1. The Morgan fingerprint density at radius 3 is 2.66 bits per heavy atom. The van der Waals surface area contributed by atoms with Crippen molar-refractivity contribution >= 4 is 17.6 Å². The number of hydrogen-bond acceptors (Lipinski definition) is 5. The first kappa shape index (κ1) is 20.7. The summed E-state index contributed by atoms with van der Waals surface area (Å²) < 4.78 is 43.0. The Morgan fingerprint density at radius 1 is 1.21 bits per heavy atom. The van der Waals surface area contributed by atoms with Crippen molar-refractivity contribution in [2.45, 2.75) is 32.0 Å². The molecule has 154 valence electrons. The van der Waals surface area contributed by atoms with E-state index < -0.39 is 29.6 Å². The Labute approximate surface area is 166 Å². The van der Waals surface area contributed by atoms with Crippen LogP contribution in [0.2, 0.25) is 0 Å². The van der Waals surface area contributed by atoms with Gasteiger partial charge in [-0.2, -0.15) is 0 Å². The van der Waals surface area contributed by atoms with E-state index in [-0.39, 0.29) is 17.4 Å². The molecule has 1 aliphatic rings. The summed E-state index contributed by atoms with van der Waals surface area (Å²) >= 11 is 0. The lowest BCUT2D eigenvalue weighted by atomic mass is 10.2. The summed E-state index contributed by atoms with van der Waals surface area (Å²) in [4.78, 5) is 24.3. The zero-order valence-corrected chi connectivity index (χ0v) is 15.8. The van der Waals surface area contributed by atoms with Gasteiger partial charge >= 0.3 is 5.97 Å². The molecule has 3 rings (SSSR count). The van der Waals surface area contributed by atoms with Gasteiger partial charge in [-0.05, 0) is 56.2 Å². The van der Waals surface area contributed by atoms with Crippen molar-refractivity contribution in [3.05, 3.63) is 59.7 Å². The Hall–Kier alpha value is -3.00. The van der Waals surface area contributed by atoms with E-state index >= 15 is 0 Å². The molecule has 2 atom stereocenters. The molecule has 0 bridgehead atoms. The fourth-order valence-corrected chi connectivity index (χ4v) is 2.76. The third-order valence-corrected chi connectivity index (χ3v) is 4.39. The van der Waals surface area contributed by atoms with E-state index in [0.29, 0.717) is 12.4 Å². The van der Waals surface area contributed by atoms with Crippen LogP contribution in [0.25, 0.3) is 0 Å². The van der Waals surface area contributed by atoms with Gasteiger partial charge in [0.25, 0.3) is 5.91 Å². The molecule has 6 nitrogen and oxygen atoms in total. The number of anilines is 1. The summed E-state index contributed by atoms with van der Waals surface area (Å²) in [6.07, 6.45) is 0.864. The number of carbonyl (C=O) groups is 2. The number of hydrogen-bond donors (Lipinski definition) is 1. The van der Waals surface area contributed by atoms with Crippen LogP contribution in [0.3, 0.4) is 0 Å². The number of amides is 1. The first-order valence-electron chi connectivity index (χ1n) is 9.24. The molecule has 29 heavy (non-hydrogen) atoms. The normalized spacial score (nSPS) is 16.9. The van der Waals surface area contributed by atoms with E-state index in [1.165, 1.54) is 19.1 Å². The molecule has 0 unspecified atom stereocenters. The number of nitrogens with one attached hydrogen (secondary N) is 1. The van der Waals surface area contributed by atoms with E-state index in [2.05, 4.69) is 5.32 Å². The van der Waals surface area contributed by atoms with Crippen molar-refractivity contribution in [3.8, 4) is 5.75 Å². The second-order valence-corrected chi connectivity index (χ2v) is 6.63. The molecular formula is C21H21F2NO5. The summed E-state index contributed by atoms with van der Waals surface area (Å²) in [5, 5.41) is 2.20. The van der Waals surface area contributed by atoms with Gasteiger partial charge < -0.3 is 19.5 Å². The third kappa shape index (κ3) is 5.74. The van der Waals surface area contributed by atoms with E-state index in [4.69, 9.17) is 14.2 Å². The Kier molecular flexibility index (Phi) is 6.77. The van der Waals surface area contributed by atoms with E-state index in [1.54, 1.807) is 12.1 Å². The number of ether oxygens (including phenoxy) is 3. The van der Waals surface area contributed by atoms with E-state index in [0.717, 1.165) is 37.6 Å². The van der Waals surface area contributed by atoms with Crippen LogP contribution in [0.5, 0.6) is 5.75 Å². The first-order chi connectivity index (χ1) is 13.9. The maximum Gasteiger partial charge on any atom is 0.338 e. The SMILES string of the molecule is C[C@H](OC(=O)c1ccc(OC[C@H]2CCCO2)cc1)C(=O)Nc1cc(F)ccc1F. The number of rotatable bonds is 7. The Morgan fingerprint density at radius 2 is 1.97 bits per heavy atom. The quantitative estimate of drug-likeness (QED) is 0.711. The lowest BCUT2D eigenvalue weighted by Gasteiger charge is -2.14. The largest absolute Gasteiger partial charge is 0.491 e. The molecule has 1 saturated heterocycles. The van der Waals surface area contributed by atoms with Crippen molar-refractivity contribution in [3.63, 3.8) is 0 Å². The number of halogens is 2. The molecule has 1 aliphatic heterocycles. The maximum absolute atomic E-state index is 13.6. The lowest BCUT2D eigenvalue weighted by Crippen LogP contribution is -2.30. The van der Waals surface area contributed by atoms with Gasteiger partial charge in [-0.15, -0.1) is 0 Å². The smallest absolute Gasteiger partial charge is 0.338 e. The summed E-state index contributed by atoms with van der Waals surface area (Å²) in [5.74, 6) is -2.41. The first-order valence-corrected chi connectivity index (χ1v) is 9.24. The van der Waals surface area contributed by atoms with Gasteiger partial charge in [-0.3, -0.25) is 4.79 Å². The zero-order chi connectivity index (χ0) is 20.8.